The fraction of sp³-hybridized carbons (Fsp3) is 0.267. The summed E-state index contributed by atoms with van der Waals surface area (Å²) >= 11 is 0. The van der Waals surface area contributed by atoms with Gasteiger partial charge in [-0.2, -0.15) is 0 Å². The van der Waals surface area contributed by atoms with Gasteiger partial charge in [-0.25, -0.2) is 4.98 Å². The Morgan fingerprint density at radius 2 is 2.00 bits per heavy atom. The van der Waals surface area contributed by atoms with Crippen LogP contribution in [0, 0.1) is 10.1 Å². The zero-order chi connectivity index (χ0) is 14.8. The molecule has 2 heterocycles. The van der Waals surface area contributed by atoms with Gasteiger partial charge >= 0.3 is 5.69 Å². The van der Waals surface area contributed by atoms with Crippen LogP contribution in [0.25, 0.3) is 0 Å². The van der Waals surface area contributed by atoms with Crippen molar-refractivity contribution in [1.82, 2.24) is 4.98 Å². The summed E-state index contributed by atoms with van der Waals surface area (Å²) in [5.74, 6) is 1.14. The summed E-state index contributed by atoms with van der Waals surface area (Å²) < 4.78 is 0. The number of aromatic nitrogens is 1. The number of nitro groups is 1. The molecule has 21 heavy (non-hydrogen) atoms. The fourth-order valence-electron chi connectivity index (χ4n) is 2.75. The molecule has 0 bridgehead atoms. The van der Waals surface area contributed by atoms with Gasteiger partial charge in [0, 0.05) is 25.1 Å². The van der Waals surface area contributed by atoms with Gasteiger partial charge in [0.05, 0.1) is 4.92 Å². The molecule has 0 radical (unpaired) electrons. The molecule has 2 aromatic rings. The molecule has 1 aromatic heterocycles. The van der Waals surface area contributed by atoms with E-state index in [4.69, 9.17) is 5.73 Å². The first-order valence-corrected chi connectivity index (χ1v) is 6.86. The van der Waals surface area contributed by atoms with Crippen molar-refractivity contribution in [3.05, 3.63) is 58.1 Å². The predicted octanol–water partition coefficient (Wildman–Crippen LogP) is 2.57. The Bertz CT molecular complexity index is 660. The van der Waals surface area contributed by atoms with Crippen molar-refractivity contribution < 1.29 is 4.92 Å². The zero-order valence-corrected chi connectivity index (χ0v) is 11.5. The van der Waals surface area contributed by atoms with Gasteiger partial charge in [0.1, 0.15) is 5.82 Å². The normalized spacial score (nSPS) is 17.9. The monoisotopic (exact) mass is 284 g/mol. The molecule has 1 fully saturated rings. The Balaban J connectivity index is 1.77. The highest BCUT2D eigenvalue weighted by Crippen LogP contribution is 2.31. The number of rotatable bonds is 3. The molecule has 0 spiro atoms. The van der Waals surface area contributed by atoms with Crippen LogP contribution in [0.1, 0.15) is 17.9 Å². The lowest BCUT2D eigenvalue weighted by molar-refractivity contribution is -0.384. The molecule has 108 valence electrons. The number of hydrogen-bond acceptors (Lipinski definition) is 5. The van der Waals surface area contributed by atoms with Crippen molar-refractivity contribution in [2.24, 2.45) is 0 Å². The van der Waals surface area contributed by atoms with E-state index in [1.165, 1.54) is 11.6 Å². The van der Waals surface area contributed by atoms with Crippen molar-refractivity contribution in [1.29, 1.82) is 0 Å². The largest absolute Gasteiger partial charge is 0.378 e. The van der Waals surface area contributed by atoms with E-state index in [-0.39, 0.29) is 11.5 Å². The van der Waals surface area contributed by atoms with Crippen LogP contribution in [0.15, 0.2) is 42.5 Å². The van der Waals surface area contributed by atoms with E-state index < -0.39 is 4.92 Å². The summed E-state index contributed by atoms with van der Waals surface area (Å²) in [6.07, 6.45) is 1.04. The van der Waals surface area contributed by atoms with E-state index in [0.717, 1.165) is 19.5 Å². The predicted molar refractivity (Wildman–Crippen MR) is 81.3 cm³/mol. The van der Waals surface area contributed by atoms with Crippen LogP contribution in [0.3, 0.4) is 0 Å². The van der Waals surface area contributed by atoms with Gasteiger partial charge in [-0.1, -0.05) is 30.3 Å². The fourth-order valence-corrected chi connectivity index (χ4v) is 2.75. The Labute approximate surface area is 122 Å². The molecule has 1 unspecified atom stereocenters. The molecule has 1 aliphatic rings. The summed E-state index contributed by atoms with van der Waals surface area (Å²) in [6.45, 7) is 1.73. The Morgan fingerprint density at radius 3 is 2.67 bits per heavy atom. The molecule has 1 saturated heterocycles. The molecular formula is C15H16N4O2. The number of nitrogens with zero attached hydrogens (tertiary/aromatic N) is 3. The maximum absolute atomic E-state index is 10.8. The minimum Gasteiger partial charge on any atom is -0.378 e. The van der Waals surface area contributed by atoms with Gasteiger partial charge in [0.2, 0.25) is 5.82 Å². The highest BCUT2D eigenvalue weighted by Gasteiger charge is 2.25. The molecule has 1 aliphatic heterocycles. The van der Waals surface area contributed by atoms with Crippen molar-refractivity contribution in [2.75, 3.05) is 23.7 Å². The third-order valence-corrected chi connectivity index (χ3v) is 3.87. The van der Waals surface area contributed by atoms with Crippen molar-refractivity contribution in [2.45, 2.75) is 12.3 Å². The number of hydrogen-bond donors (Lipinski definition) is 1. The first-order valence-electron chi connectivity index (χ1n) is 6.86. The smallest absolute Gasteiger partial charge is 0.311 e. The zero-order valence-electron chi connectivity index (χ0n) is 11.5. The molecule has 1 atom stereocenters. The van der Waals surface area contributed by atoms with Crippen LogP contribution in [0.2, 0.25) is 0 Å². The highest BCUT2D eigenvalue weighted by molar-refractivity contribution is 5.58. The summed E-state index contributed by atoms with van der Waals surface area (Å²) in [7, 11) is 0. The van der Waals surface area contributed by atoms with Crippen molar-refractivity contribution in [3.8, 4) is 0 Å². The summed E-state index contributed by atoms with van der Waals surface area (Å²) in [5, 5.41) is 10.8. The molecular weight excluding hydrogens is 268 g/mol. The number of nitrogens with two attached hydrogens (primary N) is 1. The SMILES string of the molecule is Nc1nc(N2CCC(c3ccccc3)C2)ccc1[N+](=O)[O-]. The van der Waals surface area contributed by atoms with E-state index in [0.29, 0.717) is 11.7 Å². The standard InChI is InChI=1S/C15H16N4O2/c16-15-13(19(20)21)6-7-14(17-15)18-9-8-12(10-18)11-4-2-1-3-5-11/h1-7,12H,8-10H2,(H2,16,17). The second kappa shape index (κ2) is 5.40. The average molecular weight is 284 g/mol. The van der Waals surface area contributed by atoms with Crippen molar-refractivity contribution >= 4 is 17.3 Å². The molecule has 0 aliphatic carbocycles. The lowest BCUT2D eigenvalue weighted by Gasteiger charge is -2.17. The lowest BCUT2D eigenvalue weighted by atomic mass is 9.99. The third-order valence-electron chi connectivity index (χ3n) is 3.87. The molecule has 0 amide bonds. The minimum atomic E-state index is -0.511. The van der Waals surface area contributed by atoms with Gasteiger partial charge in [0.15, 0.2) is 0 Å². The van der Waals surface area contributed by atoms with Crippen LogP contribution >= 0.6 is 0 Å². The second-order valence-corrected chi connectivity index (χ2v) is 5.17. The first kappa shape index (κ1) is 13.4. The number of nitrogen functional groups attached to an aromatic ring is 1. The maximum Gasteiger partial charge on any atom is 0.311 e. The van der Waals surface area contributed by atoms with Crippen LogP contribution in [-0.2, 0) is 0 Å². The van der Waals surface area contributed by atoms with Crippen LogP contribution in [-0.4, -0.2) is 23.0 Å². The van der Waals surface area contributed by atoms with E-state index >= 15 is 0 Å². The summed E-state index contributed by atoms with van der Waals surface area (Å²) in [6, 6.07) is 13.4. The van der Waals surface area contributed by atoms with Gasteiger partial charge in [-0.05, 0) is 18.1 Å². The van der Waals surface area contributed by atoms with E-state index in [9.17, 15) is 10.1 Å². The van der Waals surface area contributed by atoms with Crippen LogP contribution in [0.4, 0.5) is 17.3 Å². The Morgan fingerprint density at radius 1 is 1.24 bits per heavy atom. The van der Waals surface area contributed by atoms with E-state index in [1.807, 2.05) is 18.2 Å². The second-order valence-electron chi connectivity index (χ2n) is 5.17. The Hall–Kier alpha value is -2.63. The number of benzene rings is 1. The van der Waals surface area contributed by atoms with Gasteiger partial charge in [-0.3, -0.25) is 10.1 Å². The van der Waals surface area contributed by atoms with Crippen LogP contribution in [0.5, 0.6) is 0 Å². The topological polar surface area (TPSA) is 85.3 Å². The molecule has 3 rings (SSSR count). The van der Waals surface area contributed by atoms with Crippen molar-refractivity contribution in [3.63, 3.8) is 0 Å². The highest BCUT2D eigenvalue weighted by atomic mass is 16.6. The first-order chi connectivity index (χ1) is 10.1. The molecule has 2 N–H and O–H groups in total. The van der Waals surface area contributed by atoms with E-state index in [2.05, 4.69) is 22.0 Å². The van der Waals surface area contributed by atoms with E-state index in [1.54, 1.807) is 6.07 Å². The summed E-state index contributed by atoms with van der Waals surface area (Å²) in [4.78, 5) is 16.5. The summed E-state index contributed by atoms with van der Waals surface area (Å²) in [5.41, 5.74) is 6.83. The van der Waals surface area contributed by atoms with Gasteiger partial charge < -0.3 is 10.6 Å². The molecule has 1 aromatic carbocycles. The molecule has 6 heteroatoms. The third kappa shape index (κ3) is 2.65. The molecule has 0 saturated carbocycles. The minimum absolute atomic E-state index is 0.0272. The number of pyridine rings is 1. The lowest BCUT2D eigenvalue weighted by Crippen LogP contribution is -2.20. The maximum atomic E-state index is 10.8. The average Bonchev–Trinajstić information content (AvgIpc) is 2.97. The number of anilines is 2. The Kier molecular flexibility index (Phi) is 3.43. The molecule has 6 nitrogen and oxygen atoms in total. The van der Waals surface area contributed by atoms with Gasteiger partial charge in [-0.15, -0.1) is 0 Å². The van der Waals surface area contributed by atoms with Crippen LogP contribution < -0.4 is 10.6 Å². The quantitative estimate of drug-likeness (QED) is 0.691. The van der Waals surface area contributed by atoms with Gasteiger partial charge in [0.25, 0.3) is 0 Å².